The average Bonchev–Trinajstić information content (AvgIpc) is 2.56. The Labute approximate surface area is 130 Å². The zero-order valence-electron chi connectivity index (χ0n) is 12.1. The van der Waals surface area contributed by atoms with Crippen molar-refractivity contribution in [1.82, 2.24) is 20.2 Å². The average molecular weight is 303 g/mol. The molecule has 0 bridgehead atoms. The fourth-order valence-corrected chi connectivity index (χ4v) is 2.87. The summed E-state index contributed by atoms with van der Waals surface area (Å²) in [6.07, 6.45) is 3.73. The largest absolute Gasteiger partial charge is 0.314 e. The van der Waals surface area contributed by atoms with Gasteiger partial charge in [0.05, 0.1) is 6.04 Å². The van der Waals surface area contributed by atoms with Gasteiger partial charge < -0.3 is 5.32 Å². The van der Waals surface area contributed by atoms with Crippen molar-refractivity contribution in [2.45, 2.75) is 13.0 Å². The van der Waals surface area contributed by atoms with E-state index in [1.807, 2.05) is 36.7 Å². The first-order valence-corrected chi connectivity index (χ1v) is 7.65. The molecule has 21 heavy (non-hydrogen) atoms. The first kappa shape index (κ1) is 14.4. The van der Waals surface area contributed by atoms with Crippen molar-refractivity contribution in [2.24, 2.45) is 0 Å². The Morgan fingerprint density at radius 3 is 2.48 bits per heavy atom. The Hall–Kier alpha value is -1.49. The maximum Gasteiger partial charge on any atom is 0.145 e. The fraction of sp³-hybridized carbons (Fsp3) is 0.375. The van der Waals surface area contributed by atoms with Crippen molar-refractivity contribution in [3.05, 3.63) is 47.5 Å². The van der Waals surface area contributed by atoms with Crippen LogP contribution in [0.1, 0.15) is 18.8 Å². The lowest BCUT2D eigenvalue weighted by Crippen LogP contribution is -2.44. The summed E-state index contributed by atoms with van der Waals surface area (Å²) in [6, 6.07) is 8.01. The van der Waals surface area contributed by atoms with Crippen LogP contribution < -0.4 is 5.32 Å². The number of benzene rings is 1. The molecule has 2 heterocycles. The van der Waals surface area contributed by atoms with E-state index < -0.39 is 0 Å². The van der Waals surface area contributed by atoms with Crippen LogP contribution in [0.2, 0.25) is 5.02 Å². The first-order chi connectivity index (χ1) is 10.3. The zero-order valence-corrected chi connectivity index (χ0v) is 12.8. The molecule has 1 aromatic carbocycles. The molecule has 1 aromatic heterocycles. The van der Waals surface area contributed by atoms with Gasteiger partial charge in [-0.2, -0.15) is 0 Å². The van der Waals surface area contributed by atoms with Crippen LogP contribution >= 0.6 is 11.6 Å². The van der Waals surface area contributed by atoms with Gasteiger partial charge in [-0.3, -0.25) is 4.90 Å². The molecule has 3 rings (SSSR count). The number of piperazine rings is 1. The summed E-state index contributed by atoms with van der Waals surface area (Å²) in [7, 11) is 0. The Balaban J connectivity index is 1.79. The Kier molecular flexibility index (Phi) is 4.48. The van der Waals surface area contributed by atoms with E-state index in [0.717, 1.165) is 48.2 Å². The monoisotopic (exact) mass is 302 g/mol. The molecule has 1 unspecified atom stereocenters. The lowest BCUT2D eigenvalue weighted by atomic mass is 10.1. The molecule has 1 saturated heterocycles. The molecule has 1 atom stereocenters. The smallest absolute Gasteiger partial charge is 0.145 e. The third-order valence-electron chi connectivity index (χ3n) is 3.93. The number of aromatic nitrogens is 2. The van der Waals surface area contributed by atoms with Gasteiger partial charge in [0.2, 0.25) is 0 Å². The van der Waals surface area contributed by atoms with Crippen LogP contribution in [0.3, 0.4) is 0 Å². The standard InChI is InChI=1S/C16H19ClN4/c1-12(21-8-6-18-7-9-21)16-19-10-13(11-20-16)14-4-2-3-5-15(14)17/h2-5,10-12,18H,6-9H2,1H3. The van der Waals surface area contributed by atoms with Crippen LogP contribution in [0.5, 0.6) is 0 Å². The third-order valence-corrected chi connectivity index (χ3v) is 4.26. The number of halogens is 1. The minimum Gasteiger partial charge on any atom is -0.314 e. The number of nitrogens with zero attached hydrogens (tertiary/aromatic N) is 3. The lowest BCUT2D eigenvalue weighted by Gasteiger charge is -2.31. The van der Waals surface area contributed by atoms with Crippen LogP contribution in [0.4, 0.5) is 0 Å². The van der Waals surface area contributed by atoms with Crippen molar-refractivity contribution >= 4 is 11.6 Å². The van der Waals surface area contributed by atoms with Crippen LogP contribution in [0.25, 0.3) is 11.1 Å². The fourth-order valence-electron chi connectivity index (χ4n) is 2.62. The first-order valence-electron chi connectivity index (χ1n) is 7.27. The molecule has 5 heteroatoms. The molecule has 0 radical (unpaired) electrons. The van der Waals surface area contributed by atoms with Crippen molar-refractivity contribution in [1.29, 1.82) is 0 Å². The number of hydrogen-bond donors (Lipinski definition) is 1. The van der Waals surface area contributed by atoms with Gasteiger partial charge in [0.15, 0.2) is 0 Å². The predicted octanol–water partition coefficient (Wildman–Crippen LogP) is 2.76. The van der Waals surface area contributed by atoms with Crippen LogP contribution in [0, 0.1) is 0 Å². The van der Waals surface area contributed by atoms with Gasteiger partial charge in [-0.25, -0.2) is 9.97 Å². The molecule has 110 valence electrons. The number of rotatable bonds is 3. The van der Waals surface area contributed by atoms with E-state index in [1.54, 1.807) is 0 Å². The van der Waals surface area contributed by atoms with E-state index >= 15 is 0 Å². The minimum atomic E-state index is 0.243. The molecule has 0 amide bonds. The Bertz CT molecular complexity index is 593. The molecule has 0 saturated carbocycles. The van der Waals surface area contributed by atoms with E-state index in [2.05, 4.69) is 27.1 Å². The van der Waals surface area contributed by atoms with Crippen molar-refractivity contribution < 1.29 is 0 Å². The Morgan fingerprint density at radius 1 is 1.14 bits per heavy atom. The van der Waals surface area contributed by atoms with E-state index in [9.17, 15) is 0 Å². The van der Waals surface area contributed by atoms with Gasteiger partial charge in [0.1, 0.15) is 5.82 Å². The molecule has 1 N–H and O–H groups in total. The molecule has 1 aliphatic heterocycles. The molecule has 1 fully saturated rings. The summed E-state index contributed by atoms with van der Waals surface area (Å²) < 4.78 is 0. The summed E-state index contributed by atoms with van der Waals surface area (Å²) >= 11 is 6.21. The highest BCUT2D eigenvalue weighted by molar-refractivity contribution is 6.33. The summed E-state index contributed by atoms with van der Waals surface area (Å²) in [5.41, 5.74) is 1.93. The maximum atomic E-state index is 6.21. The third kappa shape index (κ3) is 3.23. The molecule has 4 nitrogen and oxygen atoms in total. The van der Waals surface area contributed by atoms with Crippen LogP contribution in [0.15, 0.2) is 36.7 Å². The summed E-state index contributed by atoms with van der Waals surface area (Å²) in [6.45, 7) is 6.30. The molecule has 0 aliphatic carbocycles. The molecular weight excluding hydrogens is 284 g/mol. The van der Waals surface area contributed by atoms with E-state index in [-0.39, 0.29) is 6.04 Å². The predicted molar refractivity (Wildman–Crippen MR) is 85.3 cm³/mol. The second-order valence-electron chi connectivity index (χ2n) is 5.27. The maximum absolute atomic E-state index is 6.21. The van der Waals surface area contributed by atoms with Gasteiger partial charge in [-0.05, 0) is 13.0 Å². The second-order valence-corrected chi connectivity index (χ2v) is 5.68. The summed E-state index contributed by atoms with van der Waals surface area (Å²) in [5.74, 6) is 0.868. The molecular formula is C16H19ClN4. The minimum absolute atomic E-state index is 0.243. The van der Waals surface area contributed by atoms with Gasteiger partial charge in [-0.1, -0.05) is 29.8 Å². The summed E-state index contributed by atoms with van der Waals surface area (Å²) in [5, 5.41) is 4.09. The van der Waals surface area contributed by atoms with Crippen molar-refractivity contribution in [3.8, 4) is 11.1 Å². The molecule has 1 aliphatic rings. The highest BCUT2D eigenvalue weighted by Crippen LogP contribution is 2.27. The molecule has 2 aromatic rings. The van der Waals surface area contributed by atoms with Crippen LogP contribution in [-0.2, 0) is 0 Å². The quantitative estimate of drug-likeness (QED) is 0.946. The van der Waals surface area contributed by atoms with E-state index in [0.29, 0.717) is 0 Å². The van der Waals surface area contributed by atoms with Gasteiger partial charge in [-0.15, -0.1) is 0 Å². The highest BCUT2D eigenvalue weighted by Gasteiger charge is 2.20. The zero-order chi connectivity index (χ0) is 14.7. The van der Waals surface area contributed by atoms with Gasteiger partial charge >= 0.3 is 0 Å². The second kappa shape index (κ2) is 6.52. The van der Waals surface area contributed by atoms with Crippen LogP contribution in [-0.4, -0.2) is 41.0 Å². The van der Waals surface area contributed by atoms with Gasteiger partial charge in [0.25, 0.3) is 0 Å². The number of hydrogen-bond acceptors (Lipinski definition) is 4. The van der Waals surface area contributed by atoms with E-state index in [4.69, 9.17) is 11.6 Å². The molecule has 0 spiro atoms. The Morgan fingerprint density at radius 2 is 1.81 bits per heavy atom. The van der Waals surface area contributed by atoms with Gasteiger partial charge in [0, 0.05) is 54.7 Å². The van der Waals surface area contributed by atoms with E-state index in [1.165, 1.54) is 0 Å². The number of nitrogens with one attached hydrogen (secondary N) is 1. The summed E-state index contributed by atoms with van der Waals surface area (Å²) in [4.78, 5) is 11.5. The van der Waals surface area contributed by atoms with Crippen molar-refractivity contribution in [3.63, 3.8) is 0 Å². The normalized spacial score (nSPS) is 17.6. The lowest BCUT2D eigenvalue weighted by molar-refractivity contribution is 0.179. The highest BCUT2D eigenvalue weighted by atomic mass is 35.5. The SMILES string of the molecule is CC(c1ncc(-c2ccccc2Cl)cn1)N1CCNCC1. The van der Waals surface area contributed by atoms with Crippen molar-refractivity contribution in [2.75, 3.05) is 26.2 Å². The topological polar surface area (TPSA) is 41.1 Å².